The van der Waals surface area contributed by atoms with E-state index < -0.39 is 12.3 Å². The molecule has 0 saturated carbocycles. The summed E-state index contributed by atoms with van der Waals surface area (Å²) in [5.74, 6) is -0.435. The largest absolute Gasteiger partial charge is 0.477 e. The number of anilines is 1. The van der Waals surface area contributed by atoms with E-state index in [1.54, 1.807) is 17.4 Å². The van der Waals surface area contributed by atoms with Gasteiger partial charge in [0.05, 0.1) is 0 Å². The zero-order chi connectivity index (χ0) is 27.7. The molecule has 2 aromatic heterocycles. The molecule has 0 radical (unpaired) electrons. The van der Waals surface area contributed by atoms with E-state index in [1.807, 2.05) is 24.3 Å². The van der Waals surface area contributed by atoms with E-state index >= 15 is 0 Å². The number of aliphatic hydroxyl groups is 1. The van der Waals surface area contributed by atoms with E-state index in [4.69, 9.17) is 15.1 Å². The lowest BCUT2D eigenvalue weighted by Gasteiger charge is -2.49. The molecule has 1 unspecified atom stereocenters. The Kier molecular flexibility index (Phi) is 6.03. The van der Waals surface area contributed by atoms with Gasteiger partial charge in [-0.25, -0.2) is 4.79 Å². The van der Waals surface area contributed by atoms with Gasteiger partial charge in [-0.15, -0.1) is 22.7 Å². The fraction of sp³-hybridized carbons (Fsp3) is 0.355. The number of carboxylic acids is 1. The van der Waals surface area contributed by atoms with Crippen LogP contribution in [-0.2, 0) is 15.6 Å². The van der Waals surface area contributed by atoms with Crippen molar-refractivity contribution in [3.8, 4) is 21.6 Å². The third-order valence-corrected chi connectivity index (χ3v) is 10.6. The van der Waals surface area contributed by atoms with E-state index in [1.165, 1.54) is 34.2 Å². The quantitative estimate of drug-likeness (QED) is 0.268. The zero-order valence-corrected chi connectivity index (χ0v) is 24.0. The number of fused-ring (bicyclic) bond motifs is 2. The molecule has 39 heavy (non-hydrogen) atoms. The topological polar surface area (TPSA) is 93.8 Å². The summed E-state index contributed by atoms with van der Waals surface area (Å²) in [6.07, 6.45) is 4.55. The molecule has 0 fully saturated rings. The van der Waals surface area contributed by atoms with Crippen LogP contribution in [0.2, 0.25) is 0 Å². The van der Waals surface area contributed by atoms with Crippen molar-refractivity contribution in [2.24, 2.45) is 0 Å². The number of thiophene rings is 2. The van der Waals surface area contributed by atoms with Gasteiger partial charge >= 0.3 is 5.97 Å². The van der Waals surface area contributed by atoms with Gasteiger partial charge in [-0.2, -0.15) is 5.26 Å². The summed E-state index contributed by atoms with van der Waals surface area (Å²) in [5.41, 5.74) is 5.33. The van der Waals surface area contributed by atoms with Gasteiger partial charge in [0.1, 0.15) is 17.4 Å². The van der Waals surface area contributed by atoms with E-state index in [0.29, 0.717) is 4.88 Å². The first-order valence-corrected chi connectivity index (χ1v) is 14.7. The predicted octanol–water partition coefficient (Wildman–Crippen LogP) is 6.89. The number of benzene rings is 1. The first kappa shape index (κ1) is 25.9. The number of aliphatic hydroxyl groups excluding tert-OH is 1. The Morgan fingerprint density at radius 2 is 1.74 bits per heavy atom. The summed E-state index contributed by atoms with van der Waals surface area (Å²) in [7, 11) is 0. The molecule has 6 nitrogen and oxygen atoms in total. The van der Waals surface area contributed by atoms with Crippen molar-refractivity contribution in [3.05, 3.63) is 62.3 Å². The number of carbonyl (C=O) groups is 1. The molecular formula is C31H30N2O4S2. The van der Waals surface area contributed by atoms with E-state index in [9.17, 15) is 9.90 Å². The second-order valence-corrected chi connectivity index (χ2v) is 13.9. The average molecular weight is 559 g/mol. The molecule has 0 spiro atoms. The molecule has 3 aliphatic heterocycles. The first-order valence-electron chi connectivity index (χ1n) is 13.1. The number of hydrogen-bond acceptors (Lipinski definition) is 7. The van der Waals surface area contributed by atoms with Crippen LogP contribution in [-0.4, -0.2) is 35.6 Å². The molecular weight excluding hydrogens is 528 g/mol. The van der Waals surface area contributed by atoms with Gasteiger partial charge in [-0.3, -0.25) is 0 Å². The van der Waals surface area contributed by atoms with Crippen LogP contribution < -0.4 is 9.64 Å². The highest BCUT2D eigenvalue weighted by Gasteiger charge is 2.44. The lowest BCUT2D eigenvalue weighted by molar-refractivity contribution is -0.132. The van der Waals surface area contributed by atoms with Gasteiger partial charge in [0.2, 0.25) is 6.29 Å². The molecule has 0 aliphatic carbocycles. The van der Waals surface area contributed by atoms with Crippen LogP contribution in [0.5, 0.6) is 5.75 Å². The minimum absolute atomic E-state index is 0.0561. The Morgan fingerprint density at radius 1 is 1.08 bits per heavy atom. The summed E-state index contributed by atoms with van der Waals surface area (Å²) in [6.45, 7) is 11.3. The molecule has 6 rings (SSSR count). The Bertz CT molecular complexity index is 1610. The Balaban J connectivity index is 1.41. The van der Waals surface area contributed by atoms with E-state index in [2.05, 4.69) is 44.7 Å². The van der Waals surface area contributed by atoms with Gasteiger partial charge in [0.15, 0.2) is 0 Å². The van der Waals surface area contributed by atoms with Crippen LogP contribution in [0.25, 0.3) is 27.5 Å². The summed E-state index contributed by atoms with van der Waals surface area (Å²) in [6, 6.07) is 11.7. The molecule has 3 aliphatic rings. The first-order chi connectivity index (χ1) is 18.5. The van der Waals surface area contributed by atoms with Crippen LogP contribution in [0.3, 0.4) is 0 Å². The maximum absolute atomic E-state index is 11.2. The molecule has 1 aromatic carbocycles. The van der Waals surface area contributed by atoms with Crippen LogP contribution in [0.15, 0.2) is 35.9 Å². The summed E-state index contributed by atoms with van der Waals surface area (Å²) in [5, 5.41) is 29.4. The lowest BCUT2D eigenvalue weighted by atomic mass is 9.68. The highest BCUT2D eigenvalue weighted by molar-refractivity contribution is 7.23. The Hall–Kier alpha value is -3.38. The molecule has 8 heteroatoms. The number of aliphatic carboxylic acids is 1. The van der Waals surface area contributed by atoms with Gasteiger partial charge in [-0.1, -0.05) is 27.7 Å². The molecule has 0 bridgehead atoms. The smallest absolute Gasteiger partial charge is 0.346 e. The SMILES string of the molecule is CC1(C)CCN2CCC(C)(C)c3c4c(cc1c32)C=C(c1ccc(-c2ccc(/C=C(/C#N)C(=O)O)s2)s1)C(O)O4. The highest BCUT2D eigenvalue weighted by Crippen LogP contribution is 2.55. The minimum atomic E-state index is -1.24. The van der Waals surface area contributed by atoms with E-state index in [-0.39, 0.29) is 16.4 Å². The summed E-state index contributed by atoms with van der Waals surface area (Å²) < 4.78 is 6.35. The lowest BCUT2D eigenvalue weighted by Crippen LogP contribution is -2.45. The molecule has 200 valence electrons. The predicted molar refractivity (Wildman–Crippen MR) is 157 cm³/mol. The van der Waals surface area contributed by atoms with Crippen LogP contribution in [0.4, 0.5) is 5.69 Å². The van der Waals surface area contributed by atoms with Crippen molar-refractivity contribution in [2.45, 2.75) is 57.7 Å². The normalized spacial score (nSPS) is 20.8. The van der Waals surface area contributed by atoms with Crippen molar-refractivity contribution in [1.82, 2.24) is 0 Å². The van der Waals surface area contributed by atoms with Crippen molar-refractivity contribution in [1.29, 1.82) is 5.26 Å². The van der Waals surface area contributed by atoms with Gasteiger partial charge in [-0.05, 0) is 71.7 Å². The van der Waals surface area contributed by atoms with Crippen LogP contribution >= 0.6 is 22.7 Å². The summed E-state index contributed by atoms with van der Waals surface area (Å²) in [4.78, 5) is 17.3. The second kappa shape index (κ2) is 9.09. The van der Waals surface area contributed by atoms with Crippen molar-refractivity contribution < 1.29 is 19.7 Å². The number of nitrogens with zero attached hydrogens (tertiary/aromatic N) is 2. The van der Waals surface area contributed by atoms with Crippen molar-refractivity contribution in [3.63, 3.8) is 0 Å². The maximum atomic E-state index is 11.2. The Labute approximate surface area is 236 Å². The third-order valence-electron chi connectivity index (χ3n) is 8.22. The number of nitriles is 1. The molecule has 1 atom stereocenters. The number of ether oxygens (including phenoxy) is 1. The molecule has 0 saturated heterocycles. The fourth-order valence-electron chi connectivity index (χ4n) is 5.89. The number of rotatable bonds is 4. The maximum Gasteiger partial charge on any atom is 0.346 e. The molecule has 5 heterocycles. The van der Waals surface area contributed by atoms with E-state index in [0.717, 1.165) is 57.4 Å². The van der Waals surface area contributed by atoms with Gasteiger partial charge in [0.25, 0.3) is 0 Å². The minimum Gasteiger partial charge on any atom is -0.477 e. The van der Waals surface area contributed by atoms with Crippen molar-refractivity contribution in [2.75, 3.05) is 18.0 Å². The van der Waals surface area contributed by atoms with Crippen LogP contribution in [0.1, 0.15) is 67.0 Å². The monoisotopic (exact) mass is 558 g/mol. The highest BCUT2D eigenvalue weighted by atomic mass is 32.1. The number of carboxylic acid groups (broad SMARTS) is 1. The number of hydrogen-bond donors (Lipinski definition) is 2. The third kappa shape index (κ3) is 4.29. The zero-order valence-electron chi connectivity index (χ0n) is 22.4. The van der Waals surface area contributed by atoms with Crippen molar-refractivity contribution >= 4 is 52.1 Å². The van der Waals surface area contributed by atoms with Crippen LogP contribution in [0, 0.1) is 11.3 Å². The van der Waals surface area contributed by atoms with Gasteiger partial charge < -0.3 is 19.8 Å². The second-order valence-electron chi connectivity index (χ2n) is 11.7. The molecule has 3 aromatic rings. The molecule has 0 amide bonds. The summed E-state index contributed by atoms with van der Waals surface area (Å²) >= 11 is 2.98. The standard InChI is InChI=1S/C31H30N2O4S2/c1-30(2)9-11-33-12-10-31(3,4)25-26(33)21(30)15-17-14-20(29(36)37-27(17)25)22-7-8-24(39-22)23-6-5-19(38-23)13-18(16-32)28(34)35/h5-8,13-15,29,36H,9-12H2,1-4H3,(H,34,35)/b18-13-. The average Bonchev–Trinajstić information content (AvgIpc) is 3.55. The van der Waals surface area contributed by atoms with Gasteiger partial charge in [0, 0.05) is 55.0 Å². The molecule has 2 N–H and O–H groups in total. The fourth-order valence-corrected chi connectivity index (χ4v) is 7.96. The Morgan fingerprint density at radius 3 is 2.46 bits per heavy atom.